The number of rotatable bonds is 5. The van der Waals surface area contributed by atoms with E-state index in [9.17, 15) is 4.80 Å². The Kier molecular flexibility index (Phi) is 4.73. The number of hydrogen-bond acceptors (Lipinski definition) is 1. The van der Waals surface area contributed by atoms with Crippen molar-refractivity contribution < 1.29 is 4.80 Å². The molecule has 0 saturated heterocycles. The van der Waals surface area contributed by atoms with Crippen molar-refractivity contribution >= 4 is 19.4 Å². The van der Waals surface area contributed by atoms with Gasteiger partial charge in [0.15, 0.2) is 0 Å². The first kappa shape index (κ1) is 13.1. The van der Waals surface area contributed by atoms with Gasteiger partial charge in [-0.15, -0.1) is 0 Å². The highest BCUT2D eigenvalue weighted by Crippen LogP contribution is 2.04. The van der Waals surface area contributed by atoms with Crippen LogP contribution in [-0.2, 0) is 6.42 Å². The Labute approximate surface area is 111 Å². The molecule has 1 N–H and O–H groups in total. The van der Waals surface area contributed by atoms with Crippen molar-refractivity contribution in [1.29, 1.82) is 0 Å². The molecule has 18 heavy (non-hydrogen) atoms. The van der Waals surface area contributed by atoms with Crippen molar-refractivity contribution in [2.45, 2.75) is 26.2 Å². The molecule has 0 aliphatic rings. The summed E-state index contributed by atoms with van der Waals surface area (Å²) in [5, 5.41) is 2.28. The monoisotopic (exact) mass is 256 g/mol. The lowest BCUT2D eigenvalue weighted by atomic mass is 10.1. The van der Waals surface area contributed by atoms with Gasteiger partial charge in [0, 0.05) is 0 Å². The lowest BCUT2D eigenvalue weighted by Crippen LogP contribution is -2.44. The van der Waals surface area contributed by atoms with Crippen molar-refractivity contribution in [1.82, 2.24) is 0 Å². The summed E-state index contributed by atoms with van der Waals surface area (Å²) in [4.78, 5) is 10.6. The number of hydrogen-bond donors (Lipinski definition) is 1. The maximum Gasteiger partial charge on any atom is 0.236 e. The van der Waals surface area contributed by atoms with Crippen LogP contribution in [0.2, 0.25) is 0 Å². The van der Waals surface area contributed by atoms with E-state index in [4.69, 9.17) is 0 Å². The summed E-state index contributed by atoms with van der Waals surface area (Å²) in [6.07, 6.45) is 3.45. The van der Waals surface area contributed by atoms with Crippen LogP contribution in [0.15, 0.2) is 54.6 Å². The summed E-state index contributed by atoms with van der Waals surface area (Å²) >= 11 is 0. The van der Waals surface area contributed by atoms with Gasteiger partial charge in [-0.25, -0.2) is 0 Å². The zero-order chi connectivity index (χ0) is 12.8. The van der Waals surface area contributed by atoms with Crippen LogP contribution in [0.25, 0.3) is 0 Å². The first-order valence-electron chi connectivity index (χ1n) is 6.63. The van der Waals surface area contributed by atoms with Gasteiger partial charge >= 0.3 is 0 Å². The van der Waals surface area contributed by atoms with Gasteiger partial charge in [-0.05, 0) is 28.8 Å². The van der Waals surface area contributed by atoms with E-state index in [1.807, 2.05) is 36.4 Å². The van der Waals surface area contributed by atoms with Gasteiger partial charge in [0.05, 0.1) is 0 Å². The molecule has 1 unspecified atom stereocenters. The molecule has 0 saturated carbocycles. The zero-order valence-electron chi connectivity index (χ0n) is 10.8. The second kappa shape index (κ2) is 6.52. The topological polar surface area (TPSA) is 20.2 Å². The summed E-state index contributed by atoms with van der Waals surface area (Å²) < 4.78 is 0. The molecule has 2 rings (SSSR count). The van der Waals surface area contributed by atoms with Gasteiger partial charge in [-0.1, -0.05) is 67.9 Å². The predicted molar refractivity (Wildman–Crippen MR) is 80.1 cm³/mol. The molecule has 0 aliphatic heterocycles. The standard InChI is InChI=1S/C16H20OSi/c1-2-3-9-14-10-7-8-13-16(14)18(17)15-11-5-4-6-12-15/h4-8,10-13,17-18H,2-3,9H2,1H3. The van der Waals surface area contributed by atoms with Crippen molar-refractivity contribution in [3.05, 3.63) is 60.2 Å². The summed E-state index contributed by atoms with van der Waals surface area (Å²) in [6.45, 7) is 2.20. The Hall–Kier alpha value is -1.38. The fourth-order valence-corrected chi connectivity index (χ4v) is 4.04. The van der Waals surface area contributed by atoms with E-state index in [0.29, 0.717) is 0 Å². The molecule has 0 heterocycles. The van der Waals surface area contributed by atoms with E-state index in [2.05, 4.69) is 25.1 Å². The molecule has 0 fully saturated rings. The maximum absolute atomic E-state index is 10.6. The molecule has 94 valence electrons. The van der Waals surface area contributed by atoms with Crippen LogP contribution in [0.4, 0.5) is 0 Å². The van der Waals surface area contributed by atoms with E-state index in [1.165, 1.54) is 23.6 Å². The Morgan fingerprint density at radius 2 is 1.61 bits per heavy atom. The summed E-state index contributed by atoms with van der Waals surface area (Å²) in [7, 11) is -2.00. The smallest absolute Gasteiger partial charge is 0.236 e. The van der Waals surface area contributed by atoms with Crippen molar-refractivity contribution in [2.75, 3.05) is 0 Å². The number of unbranched alkanes of at least 4 members (excludes halogenated alkanes) is 1. The quantitative estimate of drug-likeness (QED) is 0.810. The first-order valence-corrected chi connectivity index (χ1v) is 8.31. The molecule has 0 aliphatic carbocycles. The molecule has 0 amide bonds. The Morgan fingerprint density at radius 3 is 2.33 bits per heavy atom. The molecule has 1 nitrogen and oxygen atoms in total. The van der Waals surface area contributed by atoms with E-state index >= 15 is 0 Å². The molecule has 2 heteroatoms. The highest BCUT2D eigenvalue weighted by atomic mass is 28.3. The molecule has 0 spiro atoms. The fraction of sp³-hybridized carbons (Fsp3) is 0.250. The van der Waals surface area contributed by atoms with Crippen LogP contribution in [0.1, 0.15) is 25.3 Å². The van der Waals surface area contributed by atoms with Crippen molar-refractivity contribution in [2.24, 2.45) is 0 Å². The normalized spacial score (nSPS) is 12.3. The molecule has 1 atom stereocenters. The molecular weight excluding hydrogens is 236 g/mol. The second-order valence-electron chi connectivity index (χ2n) is 4.62. The van der Waals surface area contributed by atoms with E-state index in [-0.39, 0.29) is 0 Å². The fourth-order valence-electron chi connectivity index (χ4n) is 2.21. The number of aryl methyl sites for hydroxylation is 1. The second-order valence-corrected chi connectivity index (χ2v) is 6.71. The SMILES string of the molecule is CCCCc1ccccc1[SiH](O)c1ccccc1. The third-order valence-electron chi connectivity index (χ3n) is 3.26. The third kappa shape index (κ3) is 3.09. The van der Waals surface area contributed by atoms with Crippen LogP contribution in [-0.4, -0.2) is 13.8 Å². The van der Waals surface area contributed by atoms with Crippen molar-refractivity contribution in [3.63, 3.8) is 0 Å². The van der Waals surface area contributed by atoms with Crippen LogP contribution in [0, 0.1) is 0 Å². The highest BCUT2D eigenvalue weighted by Gasteiger charge is 2.15. The van der Waals surface area contributed by atoms with Crippen molar-refractivity contribution in [3.8, 4) is 0 Å². The van der Waals surface area contributed by atoms with Gasteiger partial charge in [-0.2, -0.15) is 0 Å². The summed E-state index contributed by atoms with van der Waals surface area (Å²) in [5.74, 6) is 0. The third-order valence-corrected chi connectivity index (χ3v) is 5.43. The van der Waals surface area contributed by atoms with Gasteiger partial charge in [0.2, 0.25) is 9.04 Å². The minimum atomic E-state index is -2.00. The number of benzene rings is 2. The molecule has 0 aromatic heterocycles. The Morgan fingerprint density at radius 1 is 0.944 bits per heavy atom. The average Bonchev–Trinajstić information content (AvgIpc) is 2.45. The average molecular weight is 256 g/mol. The van der Waals surface area contributed by atoms with Crippen LogP contribution < -0.4 is 10.4 Å². The van der Waals surface area contributed by atoms with Crippen LogP contribution >= 0.6 is 0 Å². The minimum Gasteiger partial charge on any atom is -0.426 e. The largest absolute Gasteiger partial charge is 0.426 e. The summed E-state index contributed by atoms with van der Waals surface area (Å²) in [5.41, 5.74) is 1.32. The van der Waals surface area contributed by atoms with E-state index < -0.39 is 9.04 Å². The highest BCUT2D eigenvalue weighted by molar-refractivity contribution is 6.79. The molecule has 0 radical (unpaired) electrons. The minimum absolute atomic E-state index is 1.07. The van der Waals surface area contributed by atoms with E-state index in [0.717, 1.165) is 11.6 Å². The maximum atomic E-state index is 10.6. The summed E-state index contributed by atoms with van der Waals surface area (Å²) in [6, 6.07) is 18.4. The zero-order valence-corrected chi connectivity index (χ0v) is 12.0. The van der Waals surface area contributed by atoms with Gasteiger partial charge in [-0.3, -0.25) is 0 Å². The molecular formula is C16H20OSi. The molecule has 2 aromatic carbocycles. The van der Waals surface area contributed by atoms with Gasteiger partial charge in [0.1, 0.15) is 0 Å². The Balaban J connectivity index is 2.27. The lowest BCUT2D eigenvalue weighted by Gasteiger charge is -2.14. The molecule has 2 aromatic rings. The van der Waals surface area contributed by atoms with Gasteiger partial charge < -0.3 is 4.80 Å². The molecule has 0 bridgehead atoms. The lowest BCUT2D eigenvalue weighted by molar-refractivity contribution is 0.599. The Bertz CT molecular complexity index is 481. The predicted octanol–water partition coefficient (Wildman–Crippen LogP) is 1.86. The van der Waals surface area contributed by atoms with E-state index in [1.54, 1.807) is 0 Å². The van der Waals surface area contributed by atoms with Crippen LogP contribution in [0.5, 0.6) is 0 Å². The van der Waals surface area contributed by atoms with Gasteiger partial charge in [0.25, 0.3) is 0 Å². The van der Waals surface area contributed by atoms with Crippen LogP contribution in [0.3, 0.4) is 0 Å². The first-order chi connectivity index (χ1) is 8.83.